The van der Waals surface area contributed by atoms with Crippen LogP contribution in [0.25, 0.3) is 0 Å². The number of rotatable bonds is 3. The van der Waals surface area contributed by atoms with Crippen molar-refractivity contribution in [3.8, 4) is 0 Å². The highest BCUT2D eigenvalue weighted by atomic mass is 19.4. The fraction of sp³-hybridized carbons (Fsp3) is 0.364. The van der Waals surface area contributed by atoms with E-state index in [1.54, 1.807) is 0 Å². The van der Waals surface area contributed by atoms with E-state index in [0.717, 1.165) is 12.1 Å². The van der Waals surface area contributed by atoms with Crippen LogP contribution in [0.15, 0.2) is 18.3 Å². The van der Waals surface area contributed by atoms with Crippen molar-refractivity contribution in [3.05, 3.63) is 23.9 Å². The Morgan fingerprint density at radius 2 is 2.00 bits per heavy atom. The molecule has 0 aromatic carbocycles. The Kier molecular flexibility index (Phi) is 3.17. The molecule has 1 aromatic rings. The number of nitrogens with one attached hydrogen (secondary N) is 1. The third-order valence-corrected chi connectivity index (χ3v) is 2.79. The predicted molar refractivity (Wildman–Crippen MR) is 57.1 cm³/mol. The first-order valence-electron chi connectivity index (χ1n) is 5.36. The highest BCUT2D eigenvalue weighted by Gasteiger charge is 2.48. The van der Waals surface area contributed by atoms with Crippen LogP contribution >= 0.6 is 0 Å². The Labute approximate surface area is 105 Å². The molecule has 19 heavy (non-hydrogen) atoms. The summed E-state index contributed by atoms with van der Waals surface area (Å²) in [4.78, 5) is 25.6. The van der Waals surface area contributed by atoms with Crippen LogP contribution in [0, 0.1) is 11.8 Å². The van der Waals surface area contributed by atoms with E-state index in [-0.39, 0.29) is 12.2 Å². The molecule has 102 valence electrons. The molecular weight excluding hydrogens is 265 g/mol. The third kappa shape index (κ3) is 3.01. The molecule has 1 aromatic heterocycles. The molecule has 0 spiro atoms. The first-order valence-corrected chi connectivity index (χ1v) is 5.36. The summed E-state index contributed by atoms with van der Waals surface area (Å²) in [5, 5.41) is 10.9. The minimum atomic E-state index is -4.49. The van der Waals surface area contributed by atoms with Gasteiger partial charge in [0.1, 0.15) is 5.82 Å². The zero-order chi connectivity index (χ0) is 14.2. The molecule has 5 nitrogen and oxygen atoms in total. The van der Waals surface area contributed by atoms with E-state index in [9.17, 15) is 22.8 Å². The molecule has 0 unspecified atom stereocenters. The van der Waals surface area contributed by atoms with Crippen molar-refractivity contribution < 1.29 is 27.9 Å². The van der Waals surface area contributed by atoms with Crippen molar-refractivity contribution in [2.24, 2.45) is 11.8 Å². The molecular formula is C11H9F3N2O3. The lowest BCUT2D eigenvalue weighted by atomic mass is 10.2. The number of halogens is 3. The van der Waals surface area contributed by atoms with Gasteiger partial charge < -0.3 is 10.4 Å². The lowest BCUT2D eigenvalue weighted by Crippen LogP contribution is -2.17. The standard InChI is InChI=1S/C11H9F3N2O3/c12-11(13,14)5-1-2-8(15-4-5)16-9(17)6-3-7(6)10(18)19/h1-2,4,6-7H,3H2,(H,18,19)(H,15,16,17)/t6-,7-/m0/s1. The van der Waals surface area contributed by atoms with Crippen LogP contribution < -0.4 is 5.32 Å². The number of hydrogen-bond donors (Lipinski definition) is 2. The first kappa shape index (κ1) is 13.3. The highest BCUT2D eigenvalue weighted by molar-refractivity contribution is 5.97. The van der Waals surface area contributed by atoms with Gasteiger partial charge in [-0.1, -0.05) is 0 Å². The first-order chi connectivity index (χ1) is 8.79. The number of carbonyl (C=O) groups is 2. The molecule has 1 fully saturated rings. The number of aromatic nitrogens is 1. The topological polar surface area (TPSA) is 79.3 Å². The zero-order valence-corrected chi connectivity index (χ0v) is 9.44. The maximum atomic E-state index is 12.3. The van der Waals surface area contributed by atoms with Crippen LogP contribution in [-0.2, 0) is 15.8 Å². The normalized spacial score (nSPS) is 21.8. The summed E-state index contributed by atoms with van der Waals surface area (Å²) in [6.45, 7) is 0. The summed E-state index contributed by atoms with van der Waals surface area (Å²) in [6.07, 6.45) is -3.64. The van der Waals surface area contributed by atoms with Crippen LogP contribution in [0.1, 0.15) is 12.0 Å². The van der Waals surface area contributed by atoms with Gasteiger partial charge in [0.25, 0.3) is 0 Å². The van der Waals surface area contributed by atoms with E-state index in [1.807, 2.05) is 0 Å². The summed E-state index contributed by atoms with van der Waals surface area (Å²) in [7, 11) is 0. The van der Waals surface area contributed by atoms with Crippen molar-refractivity contribution in [2.75, 3.05) is 5.32 Å². The number of nitrogens with zero attached hydrogens (tertiary/aromatic N) is 1. The van der Waals surface area contributed by atoms with Gasteiger partial charge in [0.15, 0.2) is 0 Å². The number of pyridine rings is 1. The number of carbonyl (C=O) groups excluding carboxylic acids is 1. The van der Waals surface area contributed by atoms with Crippen LogP contribution in [0.3, 0.4) is 0 Å². The van der Waals surface area contributed by atoms with Crippen LogP contribution in [0.4, 0.5) is 19.0 Å². The van der Waals surface area contributed by atoms with Gasteiger partial charge >= 0.3 is 12.1 Å². The van der Waals surface area contributed by atoms with Gasteiger partial charge in [-0.25, -0.2) is 4.98 Å². The Hall–Kier alpha value is -2.12. The number of alkyl halides is 3. The quantitative estimate of drug-likeness (QED) is 0.880. The minimum Gasteiger partial charge on any atom is -0.481 e. The van der Waals surface area contributed by atoms with Crippen LogP contribution in [0.5, 0.6) is 0 Å². The fourth-order valence-corrected chi connectivity index (χ4v) is 1.61. The zero-order valence-electron chi connectivity index (χ0n) is 9.44. The van der Waals surface area contributed by atoms with Crippen molar-refractivity contribution >= 4 is 17.7 Å². The number of carboxylic acids is 1. The van der Waals surface area contributed by atoms with E-state index in [2.05, 4.69) is 10.3 Å². The molecule has 1 aliphatic carbocycles. The maximum Gasteiger partial charge on any atom is 0.417 e. The molecule has 0 aliphatic heterocycles. The van der Waals surface area contributed by atoms with Crippen molar-refractivity contribution in [1.82, 2.24) is 4.98 Å². The fourth-order valence-electron chi connectivity index (χ4n) is 1.61. The van der Waals surface area contributed by atoms with Gasteiger partial charge in [-0.3, -0.25) is 9.59 Å². The second-order valence-electron chi connectivity index (χ2n) is 4.21. The number of amides is 1. The van der Waals surface area contributed by atoms with Gasteiger partial charge in [0.05, 0.1) is 17.4 Å². The van der Waals surface area contributed by atoms with Crippen LogP contribution in [0.2, 0.25) is 0 Å². The van der Waals surface area contributed by atoms with Crippen molar-refractivity contribution in [2.45, 2.75) is 12.6 Å². The van der Waals surface area contributed by atoms with Crippen molar-refractivity contribution in [3.63, 3.8) is 0 Å². The van der Waals surface area contributed by atoms with E-state index >= 15 is 0 Å². The molecule has 2 rings (SSSR count). The SMILES string of the molecule is O=C(O)[C@H]1C[C@@H]1C(=O)Nc1ccc(C(F)(F)F)cn1. The molecule has 8 heteroatoms. The second-order valence-corrected chi connectivity index (χ2v) is 4.21. The Balaban J connectivity index is 1.97. The van der Waals surface area contributed by atoms with Gasteiger partial charge in [0.2, 0.25) is 5.91 Å². The van der Waals surface area contributed by atoms with E-state index in [1.165, 1.54) is 0 Å². The average Bonchev–Trinajstić information content (AvgIpc) is 3.08. The highest BCUT2D eigenvalue weighted by Crippen LogP contribution is 2.39. The number of anilines is 1. The molecule has 1 aliphatic rings. The number of carboxylic acid groups (broad SMARTS) is 1. The summed E-state index contributed by atoms with van der Waals surface area (Å²) in [5.41, 5.74) is -0.916. The van der Waals surface area contributed by atoms with E-state index in [0.29, 0.717) is 6.20 Å². The molecule has 1 amide bonds. The summed E-state index contributed by atoms with van der Waals surface area (Å²) in [6, 6.07) is 1.82. The summed E-state index contributed by atoms with van der Waals surface area (Å²) < 4.78 is 36.8. The monoisotopic (exact) mass is 274 g/mol. The van der Waals surface area contributed by atoms with E-state index in [4.69, 9.17) is 5.11 Å². The smallest absolute Gasteiger partial charge is 0.417 e. The number of hydrogen-bond acceptors (Lipinski definition) is 3. The second kappa shape index (κ2) is 4.52. The Morgan fingerprint density at radius 3 is 2.42 bits per heavy atom. The minimum absolute atomic E-state index is 0.0333. The van der Waals surface area contributed by atoms with Crippen molar-refractivity contribution in [1.29, 1.82) is 0 Å². The van der Waals surface area contributed by atoms with Gasteiger partial charge in [0, 0.05) is 6.20 Å². The lowest BCUT2D eigenvalue weighted by molar-refractivity contribution is -0.140. The summed E-state index contributed by atoms with van der Waals surface area (Å²) in [5.74, 6) is -2.98. The van der Waals surface area contributed by atoms with Gasteiger partial charge in [-0.2, -0.15) is 13.2 Å². The molecule has 0 saturated heterocycles. The molecule has 2 atom stereocenters. The van der Waals surface area contributed by atoms with Crippen LogP contribution in [-0.4, -0.2) is 22.0 Å². The molecule has 2 N–H and O–H groups in total. The van der Waals surface area contributed by atoms with Gasteiger partial charge in [-0.05, 0) is 18.6 Å². The molecule has 0 bridgehead atoms. The largest absolute Gasteiger partial charge is 0.481 e. The maximum absolute atomic E-state index is 12.3. The molecule has 1 heterocycles. The molecule has 1 saturated carbocycles. The Bertz CT molecular complexity index is 513. The predicted octanol–water partition coefficient (Wildman–Crippen LogP) is 1.76. The lowest BCUT2D eigenvalue weighted by Gasteiger charge is -2.07. The Morgan fingerprint density at radius 1 is 1.32 bits per heavy atom. The van der Waals surface area contributed by atoms with Gasteiger partial charge in [-0.15, -0.1) is 0 Å². The average molecular weight is 274 g/mol. The number of aliphatic carboxylic acids is 1. The molecule has 0 radical (unpaired) electrons. The third-order valence-electron chi connectivity index (χ3n) is 2.79. The van der Waals surface area contributed by atoms with E-state index < -0.39 is 35.5 Å². The summed E-state index contributed by atoms with van der Waals surface area (Å²) >= 11 is 0.